The van der Waals surface area contributed by atoms with E-state index >= 15 is 0 Å². The summed E-state index contributed by atoms with van der Waals surface area (Å²) < 4.78 is 17.4. The number of quaternary nitrogens is 1. The minimum absolute atomic E-state index is 0.0495. The van der Waals surface area contributed by atoms with E-state index in [2.05, 4.69) is 111 Å². The summed E-state index contributed by atoms with van der Waals surface area (Å²) in [5.41, 5.74) is 0. The molecule has 376 valence electrons. The summed E-state index contributed by atoms with van der Waals surface area (Å²) in [5.74, 6) is -1.49. The van der Waals surface area contributed by atoms with Crippen LogP contribution in [0, 0.1) is 0 Å². The summed E-state index contributed by atoms with van der Waals surface area (Å²) in [6, 6.07) is -0.624. The number of carboxylic acids is 1. The van der Waals surface area contributed by atoms with Crippen LogP contribution in [-0.2, 0) is 28.6 Å². The van der Waals surface area contributed by atoms with E-state index in [1.165, 1.54) is 57.8 Å². The molecule has 0 spiro atoms. The lowest BCUT2D eigenvalue weighted by Crippen LogP contribution is -2.50. The second kappa shape index (κ2) is 47.7. The number of carboxylic acid groups (broad SMARTS) is 1. The Hall–Kier alpha value is -3.75. The zero-order chi connectivity index (χ0) is 48.4. The van der Waals surface area contributed by atoms with Gasteiger partial charge in [-0.25, -0.2) is 4.79 Å². The van der Waals surface area contributed by atoms with Crippen molar-refractivity contribution in [1.29, 1.82) is 0 Å². The lowest BCUT2D eigenvalue weighted by molar-refractivity contribution is -0.887. The Balaban J connectivity index is 4.27. The second-order valence-corrected chi connectivity index (χ2v) is 18.4. The van der Waals surface area contributed by atoms with Gasteiger partial charge in [0.25, 0.3) is 0 Å². The van der Waals surface area contributed by atoms with Gasteiger partial charge in [0, 0.05) is 19.3 Å². The van der Waals surface area contributed by atoms with Crippen LogP contribution in [0.1, 0.15) is 200 Å². The molecule has 1 N–H and O–H groups in total. The van der Waals surface area contributed by atoms with Gasteiger partial charge < -0.3 is 23.8 Å². The van der Waals surface area contributed by atoms with Crippen molar-refractivity contribution in [2.45, 2.75) is 212 Å². The first kappa shape index (κ1) is 62.2. The highest BCUT2D eigenvalue weighted by molar-refractivity contribution is 5.72. The Bertz CT molecular complexity index is 1400. The largest absolute Gasteiger partial charge is 0.477 e. The molecule has 0 aromatic carbocycles. The topological polar surface area (TPSA) is 99.1 Å². The van der Waals surface area contributed by atoms with Crippen LogP contribution in [0.3, 0.4) is 0 Å². The number of carbonyl (C=O) groups excluding carboxylic acids is 2. The van der Waals surface area contributed by atoms with Crippen molar-refractivity contribution in [3.8, 4) is 0 Å². The normalized spacial score (nSPS) is 13.7. The first-order chi connectivity index (χ1) is 32.1. The molecular weight excluding hydrogens is 823 g/mol. The highest BCUT2D eigenvalue weighted by Crippen LogP contribution is 2.15. The molecule has 0 radical (unpaired) electrons. The molecule has 0 aliphatic heterocycles. The van der Waals surface area contributed by atoms with Gasteiger partial charge in [-0.3, -0.25) is 9.59 Å². The molecule has 66 heavy (non-hydrogen) atoms. The molecule has 0 saturated heterocycles. The molecule has 0 fully saturated rings. The highest BCUT2D eigenvalue weighted by Gasteiger charge is 2.31. The molecule has 0 bridgehead atoms. The number of ether oxygens (including phenoxy) is 3. The van der Waals surface area contributed by atoms with Gasteiger partial charge in [-0.1, -0.05) is 188 Å². The zero-order valence-corrected chi connectivity index (χ0v) is 42.9. The molecule has 8 heteroatoms. The highest BCUT2D eigenvalue weighted by atomic mass is 16.6. The van der Waals surface area contributed by atoms with E-state index in [-0.39, 0.29) is 36.2 Å². The Morgan fingerprint density at radius 3 is 1.18 bits per heavy atom. The fourth-order valence-corrected chi connectivity index (χ4v) is 7.25. The fourth-order valence-electron chi connectivity index (χ4n) is 7.25. The van der Waals surface area contributed by atoms with Gasteiger partial charge in [-0.2, -0.15) is 0 Å². The average Bonchev–Trinajstić information content (AvgIpc) is 3.28. The number of nitrogens with zero attached hydrogens (tertiary/aromatic N) is 1. The van der Waals surface area contributed by atoms with Crippen LogP contribution in [0.5, 0.6) is 0 Å². The molecule has 0 saturated carbocycles. The van der Waals surface area contributed by atoms with Gasteiger partial charge >= 0.3 is 17.9 Å². The number of likely N-dealkylation sites (N-methyl/N-ethyl adjacent to an activating group) is 1. The molecule has 8 nitrogen and oxygen atoms in total. The predicted octanol–water partition coefficient (Wildman–Crippen LogP) is 15.4. The molecule has 0 aromatic rings. The van der Waals surface area contributed by atoms with Crippen molar-refractivity contribution in [2.75, 3.05) is 41.0 Å². The number of allylic oxidation sites excluding steroid dienone is 16. The molecule has 0 aliphatic carbocycles. The van der Waals surface area contributed by atoms with E-state index in [9.17, 15) is 19.5 Å². The maximum atomic E-state index is 12.8. The quantitative estimate of drug-likeness (QED) is 0.0281. The summed E-state index contributed by atoms with van der Waals surface area (Å²) in [6.45, 7) is 4.50. The molecule has 0 rings (SSSR count). The smallest absolute Gasteiger partial charge is 0.362 e. The summed E-state index contributed by atoms with van der Waals surface area (Å²) in [7, 11) is 5.52. The van der Waals surface area contributed by atoms with E-state index in [0.29, 0.717) is 19.3 Å². The molecular formula is C58H98NO7+. The first-order valence-electron chi connectivity index (χ1n) is 26.3. The van der Waals surface area contributed by atoms with Gasteiger partial charge in [-0.15, -0.1) is 0 Å². The van der Waals surface area contributed by atoms with Gasteiger partial charge in [0.05, 0.1) is 34.4 Å². The van der Waals surface area contributed by atoms with Crippen LogP contribution in [0.15, 0.2) is 97.2 Å². The van der Waals surface area contributed by atoms with E-state index < -0.39 is 18.1 Å². The molecule has 2 atom stereocenters. The third-order valence-electron chi connectivity index (χ3n) is 11.2. The van der Waals surface area contributed by atoms with E-state index in [4.69, 9.17) is 14.2 Å². The SMILES string of the molecule is CC/C=C/C/C=C/C/C=C/C/C=C/CCCCCCCCCCCC(=O)OCC(COCCC(C(=O)O)[N+](C)(C)C)OC(=O)CCCCCCCCC/C=C/C/C=C/C/C=C/C/C=C/CC. The van der Waals surface area contributed by atoms with Crippen LogP contribution in [0.2, 0.25) is 0 Å². The minimum Gasteiger partial charge on any atom is -0.477 e. The van der Waals surface area contributed by atoms with E-state index in [0.717, 1.165) is 109 Å². The van der Waals surface area contributed by atoms with Crippen LogP contribution >= 0.6 is 0 Å². The maximum Gasteiger partial charge on any atom is 0.362 e. The molecule has 0 heterocycles. The van der Waals surface area contributed by atoms with Crippen molar-refractivity contribution < 1.29 is 38.2 Å². The van der Waals surface area contributed by atoms with E-state index in [1.807, 2.05) is 21.1 Å². The number of unbranched alkanes of at least 4 members (excludes halogenated alkanes) is 16. The minimum atomic E-state index is -0.881. The molecule has 0 aromatic heterocycles. The van der Waals surface area contributed by atoms with Gasteiger partial charge in [-0.05, 0) is 89.9 Å². The second-order valence-electron chi connectivity index (χ2n) is 18.4. The van der Waals surface area contributed by atoms with Crippen LogP contribution in [0.4, 0.5) is 0 Å². The summed E-state index contributed by atoms with van der Waals surface area (Å²) in [6.07, 6.45) is 64.5. The predicted molar refractivity (Wildman–Crippen MR) is 279 cm³/mol. The third kappa shape index (κ3) is 45.4. The monoisotopic (exact) mass is 921 g/mol. The van der Waals surface area contributed by atoms with Gasteiger partial charge in [0.15, 0.2) is 12.1 Å². The van der Waals surface area contributed by atoms with Crippen molar-refractivity contribution in [3.63, 3.8) is 0 Å². The summed E-state index contributed by atoms with van der Waals surface area (Å²) >= 11 is 0. The number of aliphatic carboxylic acids is 1. The first-order valence-corrected chi connectivity index (χ1v) is 26.3. The van der Waals surface area contributed by atoms with Crippen LogP contribution < -0.4 is 0 Å². The van der Waals surface area contributed by atoms with Gasteiger partial charge in [0.1, 0.15) is 6.61 Å². The van der Waals surface area contributed by atoms with E-state index in [1.54, 1.807) is 0 Å². The fraction of sp³-hybridized carbons (Fsp3) is 0.672. The lowest BCUT2D eigenvalue weighted by atomic mass is 10.1. The standard InChI is InChI=1S/C58H97NO7/c1-6-8-10-12-14-16-18-20-22-24-26-28-29-31-32-34-36-38-40-42-44-46-48-56(60)65-53-54(52-64-51-50-55(58(62)63)59(3,4)5)66-57(61)49-47-45-43-41-39-37-35-33-30-27-25-23-21-19-17-15-13-11-9-7-2/h8-11,14-17,20-23,26-28,30,54-55H,6-7,12-13,18-19,24-25,29,31-53H2,1-5H3/p+1/b10-8+,11-9+,16-14+,17-15+,22-20+,23-21+,28-26+,30-27+. The Labute approximate surface area is 405 Å². The molecule has 2 unspecified atom stereocenters. The third-order valence-corrected chi connectivity index (χ3v) is 11.2. The zero-order valence-electron chi connectivity index (χ0n) is 42.9. The Morgan fingerprint density at radius 1 is 0.455 bits per heavy atom. The Morgan fingerprint density at radius 2 is 0.803 bits per heavy atom. The summed E-state index contributed by atoms with van der Waals surface area (Å²) in [4.78, 5) is 37.2. The maximum absolute atomic E-state index is 12.8. The number of esters is 2. The van der Waals surface area contributed by atoms with Crippen LogP contribution in [-0.4, -0.2) is 80.6 Å². The average molecular weight is 921 g/mol. The molecule has 0 amide bonds. The van der Waals surface area contributed by atoms with Crippen molar-refractivity contribution in [2.24, 2.45) is 0 Å². The van der Waals surface area contributed by atoms with Crippen molar-refractivity contribution in [3.05, 3.63) is 97.2 Å². The van der Waals surface area contributed by atoms with Crippen molar-refractivity contribution >= 4 is 17.9 Å². The number of hydrogen-bond donors (Lipinski definition) is 1. The number of rotatable bonds is 46. The Kier molecular flexibility index (Phi) is 45.0. The lowest BCUT2D eigenvalue weighted by Gasteiger charge is -2.31. The van der Waals surface area contributed by atoms with Gasteiger partial charge in [0.2, 0.25) is 0 Å². The molecule has 0 aliphatic rings. The summed E-state index contributed by atoms with van der Waals surface area (Å²) in [5, 5.41) is 9.66. The number of hydrogen-bond acceptors (Lipinski definition) is 6. The number of carbonyl (C=O) groups is 3. The van der Waals surface area contributed by atoms with Crippen molar-refractivity contribution in [1.82, 2.24) is 0 Å². The van der Waals surface area contributed by atoms with Crippen LogP contribution in [0.25, 0.3) is 0 Å².